The van der Waals surface area contributed by atoms with E-state index in [4.69, 9.17) is 0 Å². The van der Waals surface area contributed by atoms with Gasteiger partial charge in [0.2, 0.25) is 0 Å². The Bertz CT molecular complexity index is 122. The summed E-state index contributed by atoms with van der Waals surface area (Å²) in [5, 5.41) is 3.43. The Kier molecular flexibility index (Phi) is 13.1. The molecule has 0 aromatic carbocycles. The fraction of sp³-hybridized carbons (Fsp3) is 1.00. The average Bonchev–Trinajstić information content (AvgIpc) is 2.19. The maximum absolute atomic E-state index is 3.43. The molecule has 0 aromatic heterocycles. The second kappa shape index (κ2) is 11.0. The van der Waals surface area contributed by atoms with Gasteiger partial charge in [0.1, 0.15) is 0 Å². The third kappa shape index (κ3) is 6.62. The lowest BCUT2D eigenvalue weighted by atomic mass is 10.0. The first-order valence-corrected chi connectivity index (χ1v) is 5.83. The summed E-state index contributed by atoms with van der Waals surface area (Å²) in [6.45, 7) is 9.58. The molecule has 94 valence electrons. The van der Waals surface area contributed by atoms with Crippen LogP contribution in [0.2, 0.25) is 0 Å². The van der Waals surface area contributed by atoms with E-state index in [2.05, 4.69) is 24.1 Å². The van der Waals surface area contributed by atoms with Crippen LogP contribution in [0.5, 0.6) is 0 Å². The van der Waals surface area contributed by atoms with Gasteiger partial charge in [0.05, 0.1) is 0 Å². The summed E-state index contributed by atoms with van der Waals surface area (Å²) in [6, 6.07) is 0.862. The van der Waals surface area contributed by atoms with E-state index in [1.807, 2.05) is 0 Å². The first-order valence-electron chi connectivity index (χ1n) is 5.83. The highest BCUT2D eigenvalue weighted by Crippen LogP contribution is 2.12. The van der Waals surface area contributed by atoms with Gasteiger partial charge in [-0.1, -0.05) is 13.8 Å². The minimum absolute atomic E-state index is 0. The molecule has 1 aliphatic rings. The Balaban J connectivity index is 0. The van der Waals surface area contributed by atoms with E-state index in [1.54, 1.807) is 0 Å². The Morgan fingerprint density at radius 2 is 1.47 bits per heavy atom. The van der Waals surface area contributed by atoms with Crippen molar-refractivity contribution in [3.05, 3.63) is 0 Å². The van der Waals surface area contributed by atoms with Crippen molar-refractivity contribution < 1.29 is 0 Å². The topological polar surface area (TPSA) is 15.3 Å². The number of piperidine rings is 1. The van der Waals surface area contributed by atoms with Crippen molar-refractivity contribution in [2.24, 2.45) is 0 Å². The van der Waals surface area contributed by atoms with E-state index in [1.165, 1.54) is 51.9 Å². The van der Waals surface area contributed by atoms with E-state index in [-0.39, 0.29) is 24.8 Å². The van der Waals surface area contributed by atoms with Gasteiger partial charge in [-0.15, -0.1) is 24.8 Å². The van der Waals surface area contributed by atoms with Gasteiger partial charge in [-0.2, -0.15) is 0 Å². The molecular weight excluding hydrogens is 231 g/mol. The fourth-order valence-electron chi connectivity index (χ4n) is 2.22. The van der Waals surface area contributed by atoms with Gasteiger partial charge in [0.15, 0.2) is 0 Å². The molecule has 0 amide bonds. The van der Waals surface area contributed by atoms with Gasteiger partial charge in [0, 0.05) is 6.04 Å². The van der Waals surface area contributed by atoms with Crippen molar-refractivity contribution in [3.8, 4) is 0 Å². The highest BCUT2D eigenvalue weighted by Gasteiger charge is 2.18. The van der Waals surface area contributed by atoms with E-state index < -0.39 is 0 Å². The molecule has 0 radical (unpaired) electrons. The van der Waals surface area contributed by atoms with Gasteiger partial charge in [0.25, 0.3) is 0 Å². The number of halogens is 2. The molecule has 1 rings (SSSR count). The van der Waals surface area contributed by atoms with E-state index in [9.17, 15) is 0 Å². The molecule has 0 spiro atoms. The zero-order valence-electron chi connectivity index (χ0n) is 10.00. The first kappa shape index (κ1) is 17.9. The SMILES string of the molecule is CCCN(CCC)C1CCNCC1.Cl.Cl. The Morgan fingerprint density at radius 1 is 1.00 bits per heavy atom. The van der Waals surface area contributed by atoms with Crippen LogP contribution in [0.4, 0.5) is 0 Å². The van der Waals surface area contributed by atoms with Gasteiger partial charge < -0.3 is 10.2 Å². The van der Waals surface area contributed by atoms with Gasteiger partial charge in [-0.05, 0) is 51.9 Å². The summed E-state index contributed by atoms with van der Waals surface area (Å²) in [4.78, 5) is 2.68. The molecule has 0 aliphatic carbocycles. The number of hydrogen-bond acceptors (Lipinski definition) is 2. The summed E-state index contributed by atoms with van der Waals surface area (Å²) < 4.78 is 0. The fourth-order valence-corrected chi connectivity index (χ4v) is 2.22. The lowest BCUT2D eigenvalue weighted by Crippen LogP contribution is -2.43. The third-order valence-corrected chi connectivity index (χ3v) is 2.85. The lowest BCUT2D eigenvalue weighted by molar-refractivity contribution is 0.162. The van der Waals surface area contributed by atoms with Crippen LogP contribution in [0.15, 0.2) is 0 Å². The molecule has 1 N–H and O–H groups in total. The zero-order chi connectivity index (χ0) is 9.52. The molecular formula is C11H26Cl2N2. The predicted molar refractivity (Wildman–Crippen MR) is 72.5 cm³/mol. The van der Waals surface area contributed by atoms with Crippen LogP contribution in [-0.2, 0) is 0 Å². The van der Waals surface area contributed by atoms with E-state index in [0.29, 0.717) is 0 Å². The monoisotopic (exact) mass is 256 g/mol. The molecule has 15 heavy (non-hydrogen) atoms. The van der Waals surface area contributed by atoms with Gasteiger partial charge in [-0.3, -0.25) is 0 Å². The van der Waals surface area contributed by atoms with E-state index in [0.717, 1.165) is 6.04 Å². The van der Waals surface area contributed by atoms with Crippen molar-refractivity contribution in [1.29, 1.82) is 0 Å². The van der Waals surface area contributed by atoms with Crippen molar-refractivity contribution in [2.75, 3.05) is 26.2 Å². The normalized spacial score (nSPS) is 17.0. The van der Waals surface area contributed by atoms with Crippen LogP contribution in [0.1, 0.15) is 39.5 Å². The van der Waals surface area contributed by atoms with Crippen LogP contribution in [0, 0.1) is 0 Å². The first-order chi connectivity index (χ1) is 6.38. The van der Waals surface area contributed by atoms with Crippen LogP contribution in [0.25, 0.3) is 0 Å². The number of nitrogens with one attached hydrogen (secondary N) is 1. The van der Waals surface area contributed by atoms with E-state index >= 15 is 0 Å². The van der Waals surface area contributed by atoms with Crippen molar-refractivity contribution >= 4 is 24.8 Å². The lowest BCUT2D eigenvalue weighted by Gasteiger charge is -2.34. The summed E-state index contributed by atoms with van der Waals surface area (Å²) in [5.74, 6) is 0. The van der Waals surface area contributed by atoms with Gasteiger partial charge >= 0.3 is 0 Å². The molecule has 1 aliphatic heterocycles. The van der Waals surface area contributed by atoms with Gasteiger partial charge in [-0.25, -0.2) is 0 Å². The highest BCUT2D eigenvalue weighted by atomic mass is 35.5. The molecule has 0 aromatic rings. The van der Waals surface area contributed by atoms with Crippen molar-refractivity contribution in [1.82, 2.24) is 10.2 Å². The smallest absolute Gasteiger partial charge is 0.0119 e. The highest BCUT2D eigenvalue weighted by molar-refractivity contribution is 5.85. The summed E-state index contributed by atoms with van der Waals surface area (Å²) >= 11 is 0. The maximum Gasteiger partial charge on any atom is 0.0119 e. The van der Waals surface area contributed by atoms with Crippen LogP contribution in [0.3, 0.4) is 0 Å². The molecule has 1 saturated heterocycles. The van der Waals surface area contributed by atoms with Crippen LogP contribution >= 0.6 is 24.8 Å². The molecule has 2 nitrogen and oxygen atoms in total. The van der Waals surface area contributed by atoms with Crippen LogP contribution in [-0.4, -0.2) is 37.1 Å². The summed E-state index contributed by atoms with van der Waals surface area (Å²) in [6.07, 6.45) is 5.29. The molecule has 0 saturated carbocycles. The molecule has 4 heteroatoms. The standard InChI is InChI=1S/C11H24N2.2ClH/c1-3-9-13(10-4-2)11-5-7-12-8-6-11;;/h11-12H,3-10H2,1-2H3;2*1H. The summed E-state index contributed by atoms with van der Waals surface area (Å²) in [5.41, 5.74) is 0. The molecule has 1 fully saturated rings. The minimum Gasteiger partial charge on any atom is -0.317 e. The quantitative estimate of drug-likeness (QED) is 0.814. The largest absolute Gasteiger partial charge is 0.317 e. The average molecular weight is 257 g/mol. The van der Waals surface area contributed by atoms with Crippen molar-refractivity contribution in [3.63, 3.8) is 0 Å². The molecule has 1 heterocycles. The Hall–Kier alpha value is 0.500. The number of rotatable bonds is 5. The molecule has 0 bridgehead atoms. The van der Waals surface area contributed by atoms with Crippen molar-refractivity contribution in [2.45, 2.75) is 45.6 Å². The van der Waals surface area contributed by atoms with Crippen LogP contribution < -0.4 is 5.32 Å². The Morgan fingerprint density at radius 3 is 1.87 bits per heavy atom. The zero-order valence-corrected chi connectivity index (χ0v) is 11.6. The second-order valence-corrected chi connectivity index (χ2v) is 4.02. The number of nitrogens with zero attached hydrogens (tertiary/aromatic N) is 1. The summed E-state index contributed by atoms with van der Waals surface area (Å²) in [7, 11) is 0. The molecule has 0 unspecified atom stereocenters. The Labute approximate surface area is 107 Å². The maximum atomic E-state index is 3.43. The second-order valence-electron chi connectivity index (χ2n) is 4.02. The third-order valence-electron chi connectivity index (χ3n) is 2.85. The molecule has 0 atom stereocenters. The predicted octanol–water partition coefficient (Wildman–Crippen LogP) is 2.70. The number of hydrogen-bond donors (Lipinski definition) is 1. The minimum atomic E-state index is 0.